The summed E-state index contributed by atoms with van der Waals surface area (Å²) >= 11 is 6.05. The number of ketones is 2. The number of Topliss-reactive ketones (excluding diaryl/α,β-unsaturated/α-hetero) is 1. The molecule has 2 aliphatic carbocycles. The van der Waals surface area contributed by atoms with Gasteiger partial charge >= 0.3 is 0 Å². The van der Waals surface area contributed by atoms with Gasteiger partial charge < -0.3 is 0 Å². The van der Waals surface area contributed by atoms with Gasteiger partial charge in [-0.2, -0.15) is 5.10 Å². The van der Waals surface area contributed by atoms with Gasteiger partial charge in [0.1, 0.15) is 5.15 Å². The molecule has 2 fully saturated rings. The van der Waals surface area contributed by atoms with Crippen LogP contribution < -0.4 is 0 Å². The highest BCUT2D eigenvalue weighted by Gasteiger charge is 2.64. The molecule has 0 amide bonds. The highest BCUT2D eigenvalue weighted by atomic mass is 35.5. The van der Waals surface area contributed by atoms with Gasteiger partial charge in [-0.3, -0.25) is 14.3 Å². The molecule has 1 aromatic rings. The first-order valence-electron chi connectivity index (χ1n) is 7.18. The summed E-state index contributed by atoms with van der Waals surface area (Å²) in [5, 5.41) is 4.27. The van der Waals surface area contributed by atoms with Crippen molar-refractivity contribution in [2.24, 2.45) is 23.8 Å². The largest absolute Gasteiger partial charge is 0.294 e. The normalized spacial score (nSPS) is 32.1. The number of aryl methyl sites for hydroxylation is 1. The van der Waals surface area contributed by atoms with E-state index >= 15 is 0 Å². The van der Waals surface area contributed by atoms with E-state index in [0.717, 1.165) is 12.8 Å². The Labute approximate surface area is 129 Å². The fraction of sp³-hybridized carbons (Fsp3) is 0.562. The van der Waals surface area contributed by atoms with Gasteiger partial charge in [0.2, 0.25) is 0 Å². The quantitative estimate of drug-likeness (QED) is 0.623. The van der Waals surface area contributed by atoms with E-state index < -0.39 is 0 Å². The Morgan fingerprint density at radius 2 is 2.14 bits per heavy atom. The maximum absolute atomic E-state index is 12.7. The summed E-state index contributed by atoms with van der Waals surface area (Å²) in [5.74, 6) is 0.0508. The SMILES string of the molecule is Cn1ncc(C(=O)C=C2C(=O)[C@@]3(C)CC[C@@H]2C3(C)C)c1Cl. The first-order chi connectivity index (χ1) is 9.70. The van der Waals surface area contributed by atoms with E-state index in [4.69, 9.17) is 11.6 Å². The van der Waals surface area contributed by atoms with Crippen molar-refractivity contribution in [2.75, 3.05) is 0 Å². The molecule has 1 heterocycles. The van der Waals surface area contributed by atoms with Gasteiger partial charge in [0.25, 0.3) is 0 Å². The summed E-state index contributed by atoms with van der Waals surface area (Å²) in [5.41, 5.74) is 0.584. The lowest BCUT2D eigenvalue weighted by atomic mass is 9.70. The molecule has 0 aliphatic heterocycles. The Morgan fingerprint density at radius 1 is 1.48 bits per heavy atom. The van der Waals surface area contributed by atoms with Crippen molar-refractivity contribution in [3.8, 4) is 0 Å². The van der Waals surface area contributed by atoms with Gasteiger partial charge in [0.05, 0.1) is 11.8 Å². The van der Waals surface area contributed by atoms with Gasteiger partial charge in [-0.05, 0) is 30.3 Å². The topological polar surface area (TPSA) is 52.0 Å². The Morgan fingerprint density at radius 3 is 2.62 bits per heavy atom. The van der Waals surface area contributed by atoms with Crippen molar-refractivity contribution < 1.29 is 9.59 Å². The van der Waals surface area contributed by atoms with Crippen LogP contribution in [0.25, 0.3) is 0 Å². The lowest BCUT2D eigenvalue weighted by molar-refractivity contribution is -0.125. The molecule has 5 heteroatoms. The summed E-state index contributed by atoms with van der Waals surface area (Å²) < 4.78 is 1.45. The number of rotatable bonds is 2. The fourth-order valence-electron chi connectivity index (χ4n) is 3.90. The maximum atomic E-state index is 12.7. The molecule has 0 N–H and O–H groups in total. The fourth-order valence-corrected chi connectivity index (χ4v) is 4.09. The molecule has 0 saturated heterocycles. The molecule has 112 valence electrons. The molecule has 2 atom stereocenters. The van der Waals surface area contributed by atoms with Crippen LogP contribution in [-0.2, 0) is 11.8 Å². The van der Waals surface area contributed by atoms with Crippen molar-refractivity contribution in [1.29, 1.82) is 0 Å². The number of hydrogen-bond donors (Lipinski definition) is 0. The summed E-state index contributed by atoms with van der Waals surface area (Å²) in [6, 6.07) is 0. The van der Waals surface area contributed by atoms with Gasteiger partial charge in [-0.15, -0.1) is 0 Å². The zero-order valence-corrected chi connectivity index (χ0v) is 13.5. The molecule has 2 aliphatic rings. The molecule has 0 unspecified atom stereocenters. The molecule has 4 nitrogen and oxygen atoms in total. The standard InChI is InChI=1S/C16H19ClN2O2/c1-15(2)11-5-6-16(15,3)13(21)9(11)7-12(20)10-8-18-19(4)14(10)17/h7-8,11H,5-6H2,1-4H3/t11-,16+/m0/s1. The third kappa shape index (κ3) is 1.71. The second-order valence-electron chi connectivity index (χ2n) is 6.91. The zero-order chi connectivity index (χ0) is 15.6. The molecule has 2 saturated carbocycles. The summed E-state index contributed by atoms with van der Waals surface area (Å²) in [6.45, 7) is 6.29. The minimum absolute atomic E-state index is 0.0884. The van der Waals surface area contributed by atoms with Crippen molar-refractivity contribution in [3.63, 3.8) is 0 Å². The van der Waals surface area contributed by atoms with Crippen LogP contribution in [0.5, 0.6) is 0 Å². The molecule has 3 rings (SSSR count). The average Bonchev–Trinajstić information content (AvgIpc) is 2.90. The molecular formula is C16H19ClN2O2. The third-order valence-electron chi connectivity index (χ3n) is 5.78. The predicted molar refractivity (Wildman–Crippen MR) is 80.3 cm³/mol. The Kier molecular flexibility index (Phi) is 2.97. The van der Waals surface area contributed by atoms with Gasteiger partial charge in [-0.25, -0.2) is 0 Å². The number of hydrogen-bond acceptors (Lipinski definition) is 3. The number of nitrogens with zero attached hydrogens (tertiary/aromatic N) is 2. The number of aromatic nitrogens is 2. The van der Waals surface area contributed by atoms with E-state index in [1.54, 1.807) is 7.05 Å². The van der Waals surface area contributed by atoms with Crippen molar-refractivity contribution in [3.05, 3.63) is 28.6 Å². The minimum Gasteiger partial charge on any atom is -0.294 e. The number of halogens is 1. The first-order valence-corrected chi connectivity index (χ1v) is 7.56. The van der Waals surface area contributed by atoms with E-state index in [1.165, 1.54) is 17.0 Å². The third-order valence-corrected chi connectivity index (χ3v) is 6.23. The molecule has 0 aromatic carbocycles. The molecular weight excluding hydrogens is 288 g/mol. The molecule has 0 spiro atoms. The number of carbonyl (C=O) groups is 2. The van der Waals surface area contributed by atoms with Crippen molar-refractivity contribution >= 4 is 23.2 Å². The maximum Gasteiger partial charge on any atom is 0.190 e. The van der Waals surface area contributed by atoms with Crippen LogP contribution in [0.3, 0.4) is 0 Å². The van der Waals surface area contributed by atoms with Crippen LogP contribution in [0.2, 0.25) is 5.15 Å². The van der Waals surface area contributed by atoms with Crippen LogP contribution in [-0.4, -0.2) is 21.3 Å². The van der Waals surface area contributed by atoms with Crippen molar-refractivity contribution in [2.45, 2.75) is 33.6 Å². The van der Waals surface area contributed by atoms with Crippen LogP contribution in [0.4, 0.5) is 0 Å². The second-order valence-corrected chi connectivity index (χ2v) is 7.27. The first kappa shape index (κ1) is 14.5. The van der Waals surface area contributed by atoms with E-state index in [0.29, 0.717) is 16.3 Å². The monoisotopic (exact) mass is 306 g/mol. The van der Waals surface area contributed by atoms with Crippen LogP contribution >= 0.6 is 11.6 Å². The predicted octanol–water partition coefficient (Wildman–Crippen LogP) is 3.21. The average molecular weight is 307 g/mol. The molecule has 1 aromatic heterocycles. The summed E-state index contributed by atoms with van der Waals surface area (Å²) in [6.07, 6.45) is 4.81. The lowest BCUT2D eigenvalue weighted by Gasteiger charge is -2.31. The number of allylic oxidation sites excluding steroid dienone is 2. The molecule has 2 bridgehead atoms. The smallest absolute Gasteiger partial charge is 0.190 e. The minimum atomic E-state index is -0.345. The highest BCUT2D eigenvalue weighted by molar-refractivity contribution is 6.33. The lowest BCUT2D eigenvalue weighted by Crippen LogP contribution is -2.32. The van der Waals surface area contributed by atoms with Crippen molar-refractivity contribution in [1.82, 2.24) is 9.78 Å². The van der Waals surface area contributed by atoms with Crippen LogP contribution in [0.1, 0.15) is 44.0 Å². The van der Waals surface area contributed by atoms with Crippen LogP contribution in [0, 0.1) is 16.7 Å². The number of fused-ring (bicyclic) bond motifs is 2. The summed E-state index contributed by atoms with van der Waals surface area (Å²) in [7, 11) is 1.68. The Bertz CT molecular complexity index is 686. The number of carbonyl (C=O) groups excluding carboxylic acids is 2. The van der Waals surface area contributed by atoms with Gasteiger partial charge in [0.15, 0.2) is 11.6 Å². The van der Waals surface area contributed by atoms with Crippen LogP contribution in [0.15, 0.2) is 17.8 Å². The molecule has 21 heavy (non-hydrogen) atoms. The van der Waals surface area contributed by atoms with E-state index in [9.17, 15) is 9.59 Å². The van der Waals surface area contributed by atoms with E-state index in [2.05, 4.69) is 18.9 Å². The second kappa shape index (κ2) is 4.29. The Balaban J connectivity index is 2.01. The zero-order valence-electron chi connectivity index (χ0n) is 12.7. The van der Waals surface area contributed by atoms with Gasteiger partial charge in [0, 0.05) is 18.0 Å². The van der Waals surface area contributed by atoms with Gasteiger partial charge in [-0.1, -0.05) is 32.4 Å². The van der Waals surface area contributed by atoms with E-state index in [1.807, 2.05) is 6.92 Å². The summed E-state index contributed by atoms with van der Waals surface area (Å²) in [4.78, 5) is 25.1. The molecule has 0 radical (unpaired) electrons. The highest BCUT2D eigenvalue weighted by Crippen LogP contribution is 2.65. The Hall–Kier alpha value is -1.42. The van der Waals surface area contributed by atoms with E-state index in [-0.39, 0.29) is 28.3 Å².